The fourth-order valence-electron chi connectivity index (χ4n) is 4.30. The number of fused-ring (bicyclic) bond motifs is 3. The maximum atomic E-state index is 12.4. The summed E-state index contributed by atoms with van der Waals surface area (Å²) in [5.41, 5.74) is 4.74. The molecular weight excluding hydrogens is 446 g/mol. The summed E-state index contributed by atoms with van der Waals surface area (Å²) in [5.74, 6) is -1.51. The molecule has 1 aliphatic carbocycles. The lowest BCUT2D eigenvalue weighted by Gasteiger charge is -2.17. The number of pyridine rings is 1. The van der Waals surface area contributed by atoms with Gasteiger partial charge in [0.15, 0.2) is 0 Å². The number of nitrogens with zero attached hydrogens (tertiary/aromatic N) is 1. The minimum absolute atomic E-state index is 0.0980. The number of carbonyl (C=O) groups excluding carboxylic acids is 2. The van der Waals surface area contributed by atoms with Gasteiger partial charge in [0.1, 0.15) is 18.3 Å². The molecule has 8 nitrogen and oxygen atoms in total. The van der Waals surface area contributed by atoms with Gasteiger partial charge >= 0.3 is 12.1 Å². The summed E-state index contributed by atoms with van der Waals surface area (Å²) < 4.78 is 5.45. The zero-order chi connectivity index (χ0) is 24.6. The van der Waals surface area contributed by atoms with Crippen molar-refractivity contribution in [2.24, 2.45) is 0 Å². The molecule has 35 heavy (non-hydrogen) atoms. The van der Waals surface area contributed by atoms with Gasteiger partial charge in [-0.05, 0) is 53.6 Å². The van der Waals surface area contributed by atoms with E-state index in [4.69, 9.17) is 4.74 Å². The number of aliphatic carboxylic acids is 1. The molecule has 1 aliphatic rings. The summed E-state index contributed by atoms with van der Waals surface area (Å²) in [6.45, 7) is 0.498. The monoisotopic (exact) mass is 473 g/mol. The van der Waals surface area contributed by atoms with Gasteiger partial charge in [0.05, 0.1) is 0 Å². The third-order valence-corrected chi connectivity index (χ3v) is 6.04. The van der Waals surface area contributed by atoms with E-state index in [9.17, 15) is 19.5 Å². The third kappa shape index (κ3) is 5.84. The first kappa shape index (κ1) is 23.9. The highest BCUT2D eigenvalue weighted by molar-refractivity contribution is 5.92. The lowest BCUT2D eigenvalue weighted by atomic mass is 9.98. The van der Waals surface area contributed by atoms with Crippen molar-refractivity contribution >= 4 is 18.0 Å². The molecule has 0 saturated carbocycles. The number of benzene rings is 2. The molecule has 0 radical (unpaired) electrons. The van der Waals surface area contributed by atoms with Gasteiger partial charge in [-0.25, -0.2) is 9.59 Å². The Morgan fingerprint density at radius 1 is 0.914 bits per heavy atom. The summed E-state index contributed by atoms with van der Waals surface area (Å²) in [4.78, 5) is 40.0. The van der Waals surface area contributed by atoms with Gasteiger partial charge in [0.25, 0.3) is 5.91 Å². The van der Waals surface area contributed by atoms with E-state index >= 15 is 0 Å². The number of carbonyl (C=O) groups is 3. The first-order chi connectivity index (χ1) is 17.0. The highest BCUT2D eigenvalue weighted by Crippen LogP contribution is 2.44. The van der Waals surface area contributed by atoms with Crippen LogP contribution >= 0.6 is 0 Å². The van der Waals surface area contributed by atoms with Crippen molar-refractivity contribution in [1.29, 1.82) is 0 Å². The first-order valence-electron chi connectivity index (χ1n) is 11.6. The number of carboxylic acids is 1. The second-order valence-electron chi connectivity index (χ2n) is 8.33. The molecule has 8 heteroatoms. The SMILES string of the molecule is O=C(N[C@@H](CCCCNC(=O)c1ccccn1)C(=O)O)OCC1c2ccccc2-c2ccccc21. The van der Waals surface area contributed by atoms with Crippen molar-refractivity contribution in [3.05, 3.63) is 89.7 Å². The lowest BCUT2D eigenvalue weighted by molar-refractivity contribution is -0.139. The summed E-state index contributed by atoms with van der Waals surface area (Å²) in [7, 11) is 0. The molecule has 1 heterocycles. The topological polar surface area (TPSA) is 118 Å². The number of hydrogen-bond donors (Lipinski definition) is 3. The van der Waals surface area contributed by atoms with Crippen LogP contribution in [0.5, 0.6) is 0 Å². The van der Waals surface area contributed by atoms with Crippen molar-refractivity contribution < 1.29 is 24.2 Å². The standard InChI is InChI=1S/C27H27N3O5/c31-25(23-13-5-7-15-28-23)29-16-8-6-14-24(26(32)33)30-27(34)35-17-22-20-11-3-1-9-18(20)19-10-2-4-12-21(19)22/h1-5,7,9-13,15,22,24H,6,8,14,16-17H2,(H,29,31)(H,30,34)(H,32,33)/t24-/m0/s1. The Hall–Kier alpha value is -4.20. The largest absolute Gasteiger partial charge is 0.480 e. The molecule has 0 saturated heterocycles. The van der Waals surface area contributed by atoms with Crippen LogP contribution in [0.2, 0.25) is 0 Å². The fourth-order valence-corrected chi connectivity index (χ4v) is 4.30. The third-order valence-electron chi connectivity index (χ3n) is 6.04. The Balaban J connectivity index is 1.24. The smallest absolute Gasteiger partial charge is 0.407 e. The van der Waals surface area contributed by atoms with Gasteiger partial charge in [-0.2, -0.15) is 0 Å². The summed E-state index contributed by atoms with van der Waals surface area (Å²) in [6.07, 6.45) is 2.07. The van der Waals surface area contributed by atoms with E-state index in [-0.39, 0.29) is 24.9 Å². The van der Waals surface area contributed by atoms with Crippen LogP contribution in [-0.4, -0.2) is 47.3 Å². The van der Waals surface area contributed by atoms with Crippen LogP contribution in [0.4, 0.5) is 4.79 Å². The molecule has 3 aromatic rings. The summed E-state index contributed by atoms with van der Waals surface area (Å²) in [5, 5.41) is 14.7. The van der Waals surface area contributed by atoms with Crippen LogP contribution in [0.3, 0.4) is 0 Å². The van der Waals surface area contributed by atoms with Crippen molar-refractivity contribution in [2.45, 2.75) is 31.2 Å². The van der Waals surface area contributed by atoms with Crippen LogP contribution in [0.25, 0.3) is 11.1 Å². The Labute approximate surface area is 203 Å². The molecule has 0 spiro atoms. The van der Waals surface area contributed by atoms with Crippen LogP contribution in [0.1, 0.15) is 46.8 Å². The molecule has 0 fully saturated rings. The van der Waals surface area contributed by atoms with E-state index in [1.165, 1.54) is 0 Å². The molecule has 180 valence electrons. The second-order valence-corrected chi connectivity index (χ2v) is 8.33. The maximum absolute atomic E-state index is 12.4. The number of nitrogens with one attached hydrogen (secondary N) is 2. The molecule has 1 aromatic heterocycles. The summed E-state index contributed by atoms with van der Waals surface area (Å²) >= 11 is 0. The predicted molar refractivity (Wildman–Crippen MR) is 130 cm³/mol. The molecule has 1 atom stereocenters. The van der Waals surface area contributed by atoms with Gasteiger partial charge in [-0.15, -0.1) is 0 Å². The minimum atomic E-state index is -1.13. The highest BCUT2D eigenvalue weighted by atomic mass is 16.5. The molecule has 2 aromatic carbocycles. The number of unbranched alkanes of at least 4 members (excludes halogenated alkanes) is 1. The number of ether oxygens (including phenoxy) is 1. The first-order valence-corrected chi connectivity index (χ1v) is 11.6. The quantitative estimate of drug-likeness (QED) is 0.384. The molecule has 3 N–H and O–H groups in total. The number of alkyl carbamates (subject to hydrolysis) is 1. The van der Waals surface area contributed by atoms with Gasteiger partial charge in [0, 0.05) is 18.7 Å². The van der Waals surface area contributed by atoms with Crippen LogP contribution in [0.15, 0.2) is 72.9 Å². The van der Waals surface area contributed by atoms with Crippen molar-refractivity contribution in [1.82, 2.24) is 15.6 Å². The van der Waals surface area contributed by atoms with Gasteiger partial charge in [0.2, 0.25) is 0 Å². The van der Waals surface area contributed by atoms with E-state index < -0.39 is 18.1 Å². The molecule has 4 rings (SSSR count). The van der Waals surface area contributed by atoms with Gasteiger partial charge < -0.3 is 20.5 Å². The molecule has 2 amide bonds. The molecule has 0 unspecified atom stereocenters. The maximum Gasteiger partial charge on any atom is 0.407 e. The van der Waals surface area contributed by atoms with E-state index in [0.29, 0.717) is 25.1 Å². The van der Waals surface area contributed by atoms with Crippen molar-refractivity contribution in [3.63, 3.8) is 0 Å². The Kier molecular flexibility index (Phi) is 7.72. The van der Waals surface area contributed by atoms with E-state index in [1.54, 1.807) is 24.4 Å². The molecule has 0 aliphatic heterocycles. The Morgan fingerprint density at radius 2 is 1.57 bits per heavy atom. The number of amides is 2. The van der Waals surface area contributed by atoms with Gasteiger partial charge in [-0.3, -0.25) is 9.78 Å². The summed E-state index contributed by atoms with van der Waals surface area (Å²) in [6, 6.07) is 20.0. The van der Waals surface area contributed by atoms with Crippen LogP contribution < -0.4 is 10.6 Å². The molecule has 0 bridgehead atoms. The average molecular weight is 474 g/mol. The Morgan fingerprint density at radius 3 is 2.20 bits per heavy atom. The minimum Gasteiger partial charge on any atom is -0.480 e. The number of hydrogen-bond acceptors (Lipinski definition) is 5. The van der Waals surface area contributed by atoms with Crippen molar-refractivity contribution in [2.75, 3.05) is 13.2 Å². The highest BCUT2D eigenvalue weighted by Gasteiger charge is 2.29. The zero-order valence-electron chi connectivity index (χ0n) is 19.1. The number of rotatable bonds is 10. The zero-order valence-corrected chi connectivity index (χ0v) is 19.1. The lowest BCUT2D eigenvalue weighted by Crippen LogP contribution is -2.41. The normalized spacial score (nSPS) is 12.8. The van der Waals surface area contributed by atoms with E-state index in [2.05, 4.69) is 15.6 Å². The predicted octanol–water partition coefficient (Wildman–Crippen LogP) is 3.97. The van der Waals surface area contributed by atoms with E-state index in [0.717, 1.165) is 22.3 Å². The van der Waals surface area contributed by atoms with Crippen LogP contribution in [0, 0.1) is 0 Å². The van der Waals surface area contributed by atoms with Gasteiger partial charge in [-0.1, -0.05) is 54.6 Å². The van der Waals surface area contributed by atoms with Crippen LogP contribution in [-0.2, 0) is 9.53 Å². The second kappa shape index (κ2) is 11.3. The Bertz CT molecular complexity index is 1150. The fraction of sp³-hybridized carbons (Fsp3) is 0.259. The average Bonchev–Trinajstić information content (AvgIpc) is 3.20. The molecular formula is C27H27N3O5. The number of aromatic nitrogens is 1. The van der Waals surface area contributed by atoms with E-state index in [1.807, 2.05) is 48.5 Å². The number of carboxylic acid groups (broad SMARTS) is 1. The van der Waals surface area contributed by atoms with Crippen molar-refractivity contribution in [3.8, 4) is 11.1 Å².